The van der Waals surface area contributed by atoms with E-state index in [0.717, 1.165) is 0 Å². The maximum atomic E-state index is 13.5. The minimum atomic E-state index is -2.61. The first-order chi connectivity index (χ1) is 23.3. The Kier molecular flexibility index (Phi) is 12.0. The average Bonchev–Trinajstić information content (AvgIpc) is 3.14. The van der Waals surface area contributed by atoms with Gasteiger partial charge in [-0.25, -0.2) is 19.2 Å². The molecular formula is C35H31O12P. The van der Waals surface area contributed by atoms with E-state index in [0.29, 0.717) is 0 Å². The third kappa shape index (κ3) is 8.88. The molecule has 1 unspecified atom stereocenters. The number of hydrogen-bond acceptors (Lipinski definition) is 12. The van der Waals surface area contributed by atoms with Crippen molar-refractivity contribution in [2.45, 2.75) is 30.7 Å². The zero-order valence-electron chi connectivity index (χ0n) is 25.5. The van der Waals surface area contributed by atoms with Gasteiger partial charge in [-0.2, -0.15) is 0 Å². The Morgan fingerprint density at radius 2 is 0.958 bits per heavy atom. The van der Waals surface area contributed by atoms with E-state index < -0.39 is 69.8 Å². The van der Waals surface area contributed by atoms with Crippen LogP contribution in [-0.4, -0.2) is 73.2 Å². The summed E-state index contributed by atoms with van der Waals surface area (Å²) in [6.07, 6.45) is -7.80. The van der Waals surface area contributed by atoms with E-state index in [1.165, 1.54) is 43.5 Å². The van der Waals surface area contributed by atoms with Crippen molar-refractivity contribution in [1.29, 1.82) is 0 Å². The number of hydrogen-bond donors (Lipinski definition) is 1. The van der Waals surface area contributed by atoms with Crippen LogP contribution < -0.4 is 0 Å². The van der Waals surface area contributed by atoms with Gasteiger partial charge >= 0.3 is 32.5 Å². The molecule has 0 bridgehead atoms. The summed E-state index contributed by atoms with van der Waals surface area (Å²) in [5.74, 6) is -3.28. The van der Waals surface area contributed by atoms with Gasteiger partial charge in [-0.05, 0) is 48.5 Å². The summed E-state index contributed by atoms with van der Waals surface area (Å²) in [5, 5.41) is 0. The van der Waals surface area contributed by atoms with Gasteiger partial charge in [0.25, 0.3) is 0 Å². The van der Waals surface area contributed by atoms with E-state index in [4.69, 9.17) is 32.7 Å². The van der Waals surface area contributed by atoms with Gasteiger partial charge in [-0.15, -0.1) is 0 Å². The molecule has 5 rings (SSSR count). The predicted octanol–water partition coefficient (Wildman–Crippen LogP) is 5.13. The van der Waals surface area contributed by atoms with E-state index in [1.54, 1.807) is 84.9 Å². The Bertz CT molecular complexity index is 1660. The first kappa shape index (κ1) is 34.4. The summed E-state index contributed by atoms with van der Waals surface area (Å²) in [6.45, 7) is -0.532. The molecule has 1 aliphatic heterocycles. The highest BCUT2D eigenvalue weighted by molar-refractivity contribution is 7.40. The maximum absolute atomic E-state index is 13.5. The van der Waals surface area contributed by atoms with Crippen LogP contribution in [0, 0.1) is 0 Å². The Hall–Kier alpha value is -4.97. The van der Waals surface area contributed by atoms with Crippen molar-refractivity contribution in [3.63, 3.8) is 0 Å². The lowest BCUT2D eigenvalue weighted by atomic mass is 9.97. The smallest absolute Gasteiger partial charge is 0.338 e. The fourth-order valence-electron chi connectivity index (χ4n) is 4.74. The molecule has 1 aliphatic rings. The summed E-state index contributed by atoms with van der Waals surface area (Å²) in [7, 11) is -1.43. The molecule has 0 radical (unpaired) electrons. The van der Waals surface area contributed by atoms with E-state index in [-0.39, 0.29) is 22.3 Å². The molecule has 0 spiro atoms. The topological polar surface area (TPSA) is 153 Å². The molecule has 0 aromatic heterocycles. The monoisotopic (exact) mass is 674 g/mol. The van der Waals surface area contributed by atoms with Crippen molar-refractivity contribution in [1.82, 2.24) is 0 Å². The summed E-state index contributed by atoms with van der Waals surface area (Å²) in [4.78, 5) is 63.6. The molecule has 4 aromatic rings. The molecule has 48 heavy (non-hydrogen) atoms. The molecule has 0 aliphatic carbocycles. The number of rotatable bonds is 12. The second-order valence-electron chi connectivity index (χ2n) is 10.2. The predicted molar refractivity (Wildman–Crippen MR) is 170 cm³/mol. The molecule has 248 valence electrons. The molecule has 0 amide bonds. The molecule has 6 atom stereocenters. The van der Waals surface area contributed by atoms with Crippen LogP contribution in [0.2, 0.25) is 0 Å². The van der Waals surface area contributed by atoms with E-state index in [9.17, 15) is 24.1 Å². The molecule has 1 N–H and O–H groups in total. The first-order valence-corrected chi connectivity index (χ1v) is 15.8. The normalized spacial score (nSPS) is 20.9. The van der Waals surface area contributed by atoms with Crippen LogP contribution in [-0.2, 0) is 32.7 Å². The van der Waals surface area contributed by atoms with Crippen LogP contribution in [0.15, 0.2) is 121 Å². The van der Waals surface area contributed by atoms with Crippen molar-refractivity contribution in [3.8, 4) is 0 Å². The Morgan fingerprint density at radius 3 is 1.38 bits per heavy atom. The number of benzene rings is 4. The minimum Gasteiger partial charge on any atom is -0.459 e. The van der Waals surface area contributed by atoms with E-state index >= 15 is 0 Å². The number of ether oxygens (including phenoxy) is 5. The Morgan fingerprint density at radius 1 is 0.583 bits per heavy atom. The second-order valence-corrected chi connectivity index (χ2v) is 11.3. The number of carbonyl (C=O) groups is 4. The van der Waals surface area contributed by atoms with Gasteiger partial charge in [0.15, 0.2) is 18.3 Å². The number of carbonyl (C=O) groups excluding carboxylic acids is 4. The molecule has 1 fully saturated rings. The van der Waals surface area contributed by atoms with Crippen LogP contribution in [0.1, 0.15) is 41.4 Å². The minimum absolute atomic E-state index is 0.135. The van der Waals surface area contributed by atoms with Gasteiger partial charge in [0.2, 0.25) is 6.29 Å². The molecule has 1 saturated heterocycles. The Labute approximate surface area is 277 Å². The zero-order chi connectivity index (χ0) is 33.9. The van der Waals surface area contributed by atoms with Crippen molar-refractivity contribution in [2.24, 2.45) is 0 Å². The van der Waals surface area contributed by atoms with Crippen molar-refractivity contribution >= 4 is 32.5 Å². The molecule has 0 saturated carbocycles. The summed E-state index contributed by atoms with van der Waals surface area (Å²) >= 11 is 0. The van der Waals surface area contributed by atoms with Crippen LogP contribution in [0.25, 0.3) is 0 Å². The van der Waals surface area contributed by atoms with Crippen molar-refractivity contribution in [2.75, 3.05) is 13.7 Å². The van der Waals surface area contributed by atoms with Gasteiger partial charge in [-0.3, -0.25) is 4.52 Å². The molecule has 13 heteroatoms. The van der Waals surface area contributed by atoms with Crippen LogP contribution in [0.3, 0.4) is 0 Å². The maximum Gasteiger partial charge on any atom is 0.338 e. The molecule has 1 heterocycles. The van der Waals surface area contributed by atoms with Gasteiger partial charge < -0.3 is 33.1 Å². The van der Waals surface area contributed by atoms with Crippen LogP contribution in [0.4, 0.5) is 0 Å². The van der Waals surface area contributed by atoms with Gasteiger partial charge in [-0.1, -0.05) is 72.8 Å². The molecular weight excluding hydrogens is 643 g/mol. The fourth-order valence-corrected chi connectivity index (χ4v) is 5.18. The van der Waals surface area contributed by atoms with Crippen molar-refractivity contribution in [3.05, 3.63) is 144 Å². The third-order valence-electron chi connectivity index (χ3n) is 7.09. The highest BCUT2D eigenvalue weighted by Gasteiger charge is 2.54. The standard InChI is InChI=1S/C35H31O12P/c1-41-48(40)47-35-30(46-34(39)26-20-12-5-13-21-26)29(45-33(38)25-18-10-4-11-19-25)28(44-32(37)24-16-8-3-9-17-24)27(43-35)22-42-31(36)23-14-6-2-7-15-23/h2-21,27-30,35,40H,22H2,1H3/t27-,28-,29+,30-,35+,48?/m1/s1. The summed E-state index contributed by atoms with van der Waals surface area (Å²) in [5.41, 5.74) is 0.661. The fraction of sp³-hybridized carbons (Fsp3) is 0.200. The van der Waals surface area contributed by atoms with E-state index in [2.05, 4.69) is 0 Å². The quantitative estimate of drug-likeness (QED) is 0.120. The lowest BCUT2D eigenvalue weighted by Gasteiger charge is -2.44. The van der Waals surface area contributed by atoms with Gasteiger partial charge in [0, 0.05) is 7.11 Å². The van der Waals surface area contributed by atoms with Crippen LogP contribution in [0.5, 0.6) is 0 Å². The van der Waals surface area contributed by atoms with Gasteiger partial charge in [0.05, 0.1) is 22.3 Å². The van der Waals surface area contributed by atoms with Crippen molar-refractivity contribution < 1.29 is 56.8 Å². The molecule has 4 aromatic carbocycles. The second kappa shape index (κ2) is 16.7. The number of esters is 4. The largest absolute Gasteiger partial charge is 0.459 e. The lowest BCUT2D eigenvalue weighted by Crippen LogP contribution is -2.63. The van der Waals surface area contributed by atoms with Gasteiger partial charge in [0.1, 0.15) is 12.7 Å². The lowest BCUT2D eigenvalue weighted by molar-refractivity contribution is -0.276. The summed E-state index contributed by atoms with van der Waals surface area (Å²) < 4.78 is 39.8. The third-order valence-corrected chi connectivity index (χ3v) is 7.79. The highest BCUT2D eigenvalue weighted by atomic mass is 31.2. The average molecular weight is 675 g/mol. The SMILES string of the molecule is COP(O)O[C@@H]1O[C@H](COC(=O)c2ccccc2)[C@@H](OC(=O)c2ccccc2)[C@H](OC(=O)c2ccccc2)[C@H]1OC(=O)c1ccccc1. The Balaban J connectivity index is 1.55. The van der Waals surface area contributed by atoms with Crippen LogP contribution >= 0.6 is 8.60 Å². The summed E-state index contributed by atoms with van der Waals surface area (Å²) in [6, 6.07) is 32.0. The van der Waals surface area contributed by atoms with E-state index in [1.807, 2.05) is 0 Å². The highest BCUT2D eigenvalue weighted by Crippen LogP contribution is 2.40. The molecule has 12 nitrogen and oxygen atoms in total. The first-order valence-electron chi connectivity index (χ1n) is 14.7. The zero-order valence-corrected chi connectivity index (χ0v) is 26.4.